The molecule has 1 unspecified atom stereocenters. The van der Waals surface area contributed by atoms with Crippen molar-refractivity contribution in [1.29, 1.82) is 0 Å². The Morgan fingerprint density at radius 2 is 2.11 bits per heavy atom. The molecule has 18 heavy (non-hydrogen) atoms. The Hall–Kier alpha value is -0.670. The molecule has 1 aromatic rings. The highest BCUT2D eigenvalue weighted by Gasteiger charge is 2.44. The number of para-hydroxylation sites is 1. The fourth-order valence-corrected chi connectivity index (χ4v) is 3.49. The molecule has 1 aliphatic rings. The Kier molecular flexibility index (Phi) is 4.57. The van der Waals surface area contributed by atoms with Gasteiger partial charge in [-0.1, -0.05) is 31.5 Å². The first-order valence-electron chi connectivity index (χ1n) is 6.68. The van der Waals surface area contributed by atoms with Gasteiger partial charge >= 0.3 is 0 Å². The molecule has 0 bridgehead atoms. The lowest BCUT2D eigenvalue weighted by atomic mass is 9.77. The maximum absolute atomic E-state index is 10.7. The van der Waals surface area contributed by atoms with Crippen LogP contribution in [-0.2, 0) is 0 Å². The zero-order chi connectivity index (χ0) is 13.0. The second kappa shape index (κ2) is 5.98. The molecule has 0 heterocycles. The fraction of sp³-hybridized carbons (Fsp3) is 0.600. The summed E-state index contributed by atoms with van der Waals surface area (Å²) in [5.74, 6) is 0.840. The zero-order valence-electron chi connectivity index (χ0n) is 11.2. The number of hydrogen-bond donors (Lipinski definition) is 1. The molecular formula is C15H22O2S. The molecule has 2 rings (SSSR count). The summed E-state index contributed by atoms with van der Waals surface area (Å²) in [4.78, 5) is 0. The Morgan fingerprint density at radius 3 is 2.67 bits per heavy atom. The molecule has 0 saturated heterocycles. The van der Waals surface area contributed by atoms with E-state index in [4.69, 9.17) is 4.74 Å². The summed E-state index contributed by atoms with van der Waals surface area (Å²) in [7, 11) is 0. The lowest BCUT2D eigenvalue weighted by Crippen LogP contribution is -2.39. The number of rotatable bonds is 6. The van der Waals surface area contributed by atoms with Crippen molar-refractivity contribution in [2.24, 2.45) is 0 Å². The quantitative estimate of drug-likeness (QED) is 0.849. The van der Waals surface area contributed by atoms with Gasteiger partial charge in [0.25, 0.3) is 0 Å². The highest BCUT2D eigenvalue weighted by atomic mass is 32.2. The third kappa shape index (κ3) is 2.52. The van der Waals surface area contributed by atoms with E-state index >= 15 is 0 Å². The number of benzene rings is 1. The average Bonchev–Trinajstić information content (AvgIpc) is 2.36. The van der Waals surface area contributed by atoms with E-state index in [1.807, 2.05) is 24.3 Å². The van der Waals surface area contributed by atoms with Crippen molar-refractivity contribution >= 4 is 11.8 Å². The minimum absolute atomic E-state index is 0.00563. The third-order valence-corrected chi connectivity index (χ3v) is 5.22. The zero-order valence-corrected chi connectivity index (χ0v) is 12.0. The predicted octanol–water partition coefficient (Wildman–Crippen LogP) is 3.79. The Labute approximate surface area is 114 Å². The summed E-state index contributed by atoms with van der Waals surface area (Å²) in [5, 5.41) is 10.7. The molecule has 0 amide bonds. The monoisotopic (exact) mass is 266 g/mol. The van der Waals surface area contributed by atoms with Crippen LogP contribution < -0.4 is 4.74 Å². The summed E-state index contributed by atoms with van der Waals surface area (Å²) >= 11 is 1.79. The van der Waals surface area contributed by atoms with Crippen LogP contribution in [0.15, 0.2) is 24.3 Å². The average molecular weight is 266 g/mol. The van der Waals surface area contributed by atoms with Crippen LogP contribution in [0.4, 0.5) is 0 Å². The van der Waals surface area contributed by atoms with Crippen LogP contribution in [0.2, 0.25) is 0 Å². The third-order valence-electron chi connectivity index (χ3n) is 3.78. The van der Waals surface area contributed by atoms with Gasteiger partial charge in [0.2, 0.25) is 0 Å². The molecule has 1 atom stereocenters. The van der Waals surface area contributed by atoms with E-state index in [0.717, 1.165) is 30.6 Å². The highest BCUT2D eigenvalue weighted by molar-refractivity contribution is 8.00. The topological polar surface area (TPSA) is 29.5 Å². The molecule has 1 fully saturated rings. The van der Waals surface area contributed by atoms with Crippen molar-refractivity contribution in [3.63, 3.8) is 0 Å². The van der Waals surface area contributed by atoms with Crippen LogP contribution in [0.3, 0.4) is 0 Å². The first-order valence-corrected chi connectivity index (χ1v) is 7.91. The van der Waals surface area contributed by atoms with Crippen LogP contribution in [0.25, 0.3) is 0 Å². The van der Waals surface area contributed by atoms with Gasteiger partial charge in [0.15, 0.2) is 0 Å². The van der Waals surface area contributed by atoms with E-state index in [9.17, 15) is 5.11 Å². The summed E-state index contributed by atoms with van der Waals surface area (Å²) < 4.78 is 5.75. The van der Waals surface area contributed by atoms with Crippen LogP contribution in [-0.4, -0.2) is 22.7 Å². The first kappa shape index (κ1) is 13.8. The van der Waals surface area contributed by atoms with Crippen LogP contribution in [0.1, 0.15) is 44.3 Å². The van der Waals surface area contributed by atoms with Crippen molar-refractivity contribution in [3.8, 4) is 5.75 Å². The molecule has 100 valence electrons. The van der Waals surface area contributed by atoms with E-state index in [0.29, 0.717) is 6.61 Å². The molecule has 1 N–H and O–H groups in total. The van der Waals surface area contributed by atoms with E-state index in [-0.39, 0.29) is 4.75 Å². The lowest BCUT2D eigenvalue weighted by Gasteiger charge is -2.44. The molecule has 1 aromatic carbocycles. The molecular weight excluding hydrogens is 244 g/mol. The van der Waals surface area contributed by atoms with Gasteiger partial charge in [0.1, 0.15) is 5.75 Å². The van der Waals surface area contributed by atoms with E-state index in [1.165, 1.54) is 6.42 Å². The highest BCUT2D eigenvalue weighted by Crippen LogP contribution is 2.52. The number of aliphatic hydroxyl groups excluding tert-OH is 1. The number of hydrogen-bond acceptors (Lipinski definition) is 3. The van der Waals surface area contributed by atoms with Crippen LogP contribution in [0.5, 0.6) is 5.75 Å². The molecule has 0 aliphatic heterocycles. The molecule has 3 heteroatoms. The number of thioether (sulfide) groups is 1. The van der Waals surface area contributed by atoms with Crippen LogP contribution in [0, 0.1) is 0 Å². The smallest absolute Gasteiger partial charge is 0.125 e. The second-order valence-electron chi connectivity index (χ2n) is 4.91. The van der Waals surface area contributed by atoms with E-state index in [2.05, 4.69) is 13.2 Å². The minimum Gasteiger partial charge on any atom is -0.493 e. The van der Waals surface area contributed by atoms with Gasteiger partial charge in [-0.25, -0.2) is 0 Å². The molecule has 1 saturated carbocycles. The van der Waals surface area contributed by atoms with Gasteiger partial charge < -0.3 is 9.84 Å². The van der Waals surface area contributed by atoms with Gasteiger partial charge in [0.05, 0.1) is 12.7 Å². The van der Waals surface area contributed by atoms with Gasteiger partial charge in [-0.3, -0.25) is 0 Å². The number of aliphatic hydroxyl groups is 1. The van der Waals surface area contributed by atoms with Crippen molar-refractivity contribution in [2.45, 2.75) is 43.5 Å². The number of ether oxygens (including phenoxy) is 1. The maximum atomic E-state index is 10.7. The Balaban J connectivity index is 2.21. The van der Waals surface area contributed by atoms with Gasteiger partial charge in [-0.2, -0.15) is 11.8 Å². The predicted molar refractivity (Wildman–Crippen MR) is 77.3 cm³/mol. The fourth-order valence-electron chi connectivity index (χ4n) is 2.45. The minimum atomic E-state index is -0.422. The standard InChI is InChI=1S/C15H22O2S/c1-3-11-17-13-8-5-4-7-12(13)14(16)15(18-2)9-6-10-15/h4-5,7-8,14,16H,3,6,9-11H2,1-2H3. The van der Waals surface area contributed by atoms with Gasteiger partial charge in [0, 0.05) is 10.3 Å². The SMILES string of the molecule is CCCOc1ccccc1C(O)C1(SC)CCC1. The van der Waals surface area contributed by atoms with Gasteiger partial charge in [-0.05, 0) is 31.6 Å². The molecule has 0 spiro atoms. The van der Waals surface area contributed by atoms with E-state index in [1.54, 1.807) is 11.8 Å². The van der Waals surface area contributed by atoms with E-state index < -0.39 is 6.10 Å². The van der Waals surface area contributed by atoms with Crippen LogP contribution >= 0.6 is 11.8 Å². The Bertz CT molecular complexity index is 382. The maximum Gasteiger partial charge on any atom is 0.125 e. The normalized spacial score (nSPS) is 19.1. The van der Waals surface area contributed by atoms with Crippen molar-refractivity contribution < 1.29 is 9.84 Å². The molecule has 0 radical (unpaired) electrons. The summed E-state index contributed by atoms with van der Waals surface area (Å²) in [5.41, 5.74) is 0.944. The first-order chi connectivity index (χ1) is 8.73. The second-order valence-corrected chi connectivity index (χ2v) is 6.13. The largest absolute Gasteiger partial charge is 0.493 e. The molecule has 1 aliphatic carbocycles. The van der Waals surface area contributed by atoms with Crippen molar-refractivity contribution in [3.05, 3.63) is 29.8 Å². The molecule has 0 aromatic heterocycles. The summed E-state index contributed by atoms with van der Waals surface area (Å²) in [6, 6.07) is 7.89. The van der Waals surface area contributed by atoms with Crippen molar-refractivity contribution in [1.82, 2.24) is 0 Å². The van der Waals surface area contributed by atoms with Crippen molar-refractivity contribution in [2.75, 3.05) is 12.9 Å². The molecule has 2 nitrogen and oxygen atoms in total. The summed E-state index contributed by atoms with van der Waals surface area (Å²) in [6.45, 7) is 2.80. The lowest BCUT2D eigenvalue weighted by molar-refractivity contribution is 0.0845. The Morgan fingerprint density at radius 1 is 1.39 bits per heavy atom. The van der Waals surface area contributed by atoms with Gasteiger partial charge in [-0.15, -0.1) is 0 Å². The summed E-state index contributed by atoms with van der Waals surface area (Å²) in [6.07, 6.45) is 6.06.